The van der Waals surface area contributed by atoms with Crippen LogP contribution in [0.15, 0.2) is 48.5 Å². The lowest BCUT2D eigenvalue weighted by Crippen LogP contribution is -2.47. The van der Waals surface area contributed by atoms with Crippen LogP contribution >= 0.6 is 0 Å². The summed E-state index contributed by atoms with van der Waals surface area (Å²) >= 11 is 0. The largest absolute Gasteiger partial charge is 0.491 e. The molecule has 44 heavy (non-hydrogen) atoms. The Morgan fingerprint density at radius 2 is 1.59 bits per heavy atom. The van der Waals surface area contributed by atoms with E-state index in [1.165, 1.54) is 5.56 Å². The van der Waals surface area contributed by atoms with E-state index in [4.69, 9.17) is 14.2 Å². The smallest absolute Gasteiger partial charge is 0.306 e. The van der Waals surface area contributed by atoms with Gasteiger partial charge < -0.3 is 24.2 Å². The highest BCUT2D eigenvalue weighted by molar-refractivity contribution is 5.81. The van der Waals surface area contributed by atoms with Gasteiger partial charge in [-0.2, -0.15) is 0 Å². The maximum Gasteiger partial charge on any atom is 0.306 e. The third-order valence-electron chi connectivity index (χ3n) is 9.09. The zero-order chi connectivity index (χ0) is 32.1. The SMILES string of the molecule is CC(C)Oc1ccc(C2(CCN(Cc3ccc(OC4CCC(C(=O)O)CC4)cc3)C(=O)C(C)(C)C)CCOC(C)(C)C2)cc1. The summed E-state index contributed by atoms with van der Waals surface area (Å²) in [5, 5.41) is 9.27. The molecule has 7 heteroatoms. The van der Waals surface area contributed by atoms with Crippen LogP contribution in [0.25, 0.3) is 0 Å². The quantitative estimate of drug-likeness (QED) is 0.281. The molecule has 1 heterocycles. The molecule has 0 radical (unpaired) electrons. The molecule has 2 aromatic carbocycles. The summed E-state index contributed by atoms with van der Waals surface area (Å²) in [6.07, 6.45) is 5.60. The number of carboxylic acid groups (broad SMARTS) is 1. The van der Waals surface area contributed by atoms with Crippen molar-refractivity contribution in [1.29, 1.82) is 0 Å². The minimum atomic E-state index is -0.706. The van der Waals surface area contributed by atoms with Crippen molar-refractivity contribution in [2.24, 2.45) is 11.3 Å². The van der Waals surface area contributed by atoms with Gasteiger partial charge in [-0.15, -0.1) is 0 Å². The summed E-state index contributed by atoms with van der Waals surface area (Å²) in [7, 11) is 0. The third-order valence-corrected chi connectivity index (χ3v) is 9.09. The zero-order valence-corrected chi connectivity index (χ0v) is 27.9. The van der Waals surface area contributed by atoms with E-state index in [1.54, 1.807) is 0 Å². The van der Waals surface area contributed by atoms with Gasteiger partial charge in [0.15, 0.2) is 0 Å². The predicted octanol–water partition coefficient (Wildman–Crippen LogP) is 7.79. The molecule has 1 atom stereocenters. The summed E-state index contributed by atoms with van der Waals surface area (Å²) in [5.41, 5.74) is 1.45. The second-order valence-electron chi connectivity index (χ2n) is 14.8. The number of rotatable bonds is 11. The van der Waals surface area contributed by atoms with Crippen molar-refractivity contribution in [3.63, 3.8) is 0 Å². The number of carboxylic acids is 1. The van der Waals surface area contributed by atoms with Gasteiger partial charge in [-0.05, 0) is 108 Å². The Hall–Kier alpha value is -3.06. The number of hydrogen-bond acceptors (Lipinski definition) is 5. The van der Waals surface area contributed by atoms with Crippen molar-refractivity contribution in [2.75, 3.05) is 13.2 Å². The van der Waals surface area contributed by atoms with E-state index in [2.05, 4.69) is 38.1 Å². The van der Waals surface area contributed by atoms with Gasteiger partial charge >= 0.3 is 5.97 Å². The fourth-order valence-electron chi connectivity index (χ4n) is 6.83. The van der Waals surface area contributed by atoms with Crippen LogP contribution in [0, 0.1) is 11.3 Å². The fraction of sp³-hybridized carbons (Fsp3) is 0.622. The number of carbonyl (C=O) groups excluding carboxylic acids is 1. The molecule has 4 rings (SSSR count). The summed E-state index contributed by atoms with van der Waals surface area (Å²) < 4.78 is 18.3. The molecule has 242 valence electrons. The Morgan fingerprint density at radius 3 is 2.14 bits per heavy atom. The van der Waals surface area contributed by atoms with E-state index in [9.17, 15) is 14.7 Å². The van der Waals surface area contributed by atoms with Crippen LogP contribution in [0.2, 0.25) is 0 Å². The fourth-order valence-corrected chi connectivity index (χ4v) is 6.83. The van der Waals surface area contributed by atoms with Crippen molar-refractivity contribution in [1.82, 2.24) is 4.90 Å². The van der Waals surface area contributed by atoms with Crippen molar-refractivity contribution in [2.45, 2.75) is 123 Å². The highest BCUT2D eigenvalue weighted by Gasteiger charge is 2.43. The molecule has 1 aliphatic heterocycles. The van der Waals surface area contributed by atoms with Crippen LogP contribution in [0.3, 0.4) is 0 Å². The average molecular weight is 608 g/mol. The van der Waals surface area contributed by atoms with Gasteiger partial charge in [-0.25, -0.2) is 0 Å². The molecule has 1 saturated heterocycles. The van der Waals surface area contributed by atoms with E-state index in [0.717, 1.165) is 49.2 Å². The van der Waals surface area contributed by atoms with Crippen molar-refractivity contribution >= 4 is 11.9 Å². The maximum absolute atomic E-state index is 13.8. The summed E-state index contributed by atoms with van der Waals surface area (Å²) in [4.78, 5) is 27.1. The van der Waals surface area contributed by atoms with Crippen LogP contribution < -0.4 is 9.47 Å². The third kappa shape index (κ3) is 8.99. The van der Waals surface area contributed by atoms with Crippen LogP contribution in [0.1, 0.15) is 105 Å². The van der Waals surface area contributed by atoms with Gasteiger partial charge in [-0.3, -0.25) is 9.59 Å². The van der Waals surface area contributed by atoms with Crippen molar-refractivity contribution in [3.05, 3.63) is 59.7 Å². The zero-order valence-electron chi connectivity index (χ0n) is 27.9. The summed E-state index contributed by atoms with van der Waals surface area (Å²) in [6.45, 7) is 16.2. The van der Waals surface area contributed by atoms with Crippen LogP contribution in [-0.2, 0) is 26.3 Å². The lowest BCUT2D eigenvalue weighted by atomic mass is 9.67. The van der Waals surface area contributed by atoms with Crippen LogP contribution in [0.4, 0.5) is 0 Å². The van der Waals surface area contributed by atoms with Gasteiger partial charge in [-0.1, -0.05) is 45.0 Å². The molecule has 1 saturated carbocycles. The highest BCUT2D eigenvalue weighted by Crippen LogP contribution is 2.45. The van der Waals surface area contributed by atoms with Gasteiger partial charge in [0.05, 0.1) is 23.7 Å². The lowest BCUT2D eigenvalue weighted by Gasteiger charge is -2.46. The molecule has 0 bridgehead atoms. The number of nitrogens with zero attached hydrogens (tertiary/aromatic N) is 1. The lowest BCUT2D eigenvalue weighted by molar-refractivity contribution is -0.143. The first-order valence-electron chi connectivity index (χ1n) is 16.3. The molecule has 0 aromatic heterocycles. The minimum absolute atomic E-state index is 0.0429. The molecule has 2 fully saturated rings. The molecule has 1 unspecified atom stereocenters. The topological polar surface area (TPSA) is 85.3 Å². The Labute approximate surface area is 264 Å². The molecule has 0 spiro atoms. The first-order chi connectivity index (χ1) is 20.7. The highest BCUT2D eigenvalue weighted by atomic mass is 16.5. The standard InChI is InChI=1S/C37H53NO6/c1-26(2)43-30-18-12-29(13-19-30)37(21-23-42-36(6,7)25-37)20-22-38(34(41)35(3,4)5)24-27-8-14-31(15-9-27)44-32-16-10-28(11-17-32)33(39)40/h8-9,12-15,18-19,26,28,32H,10-11,16-17,20-25H2,1-7H3,(H,39,40). The van der Waals surface area contributed by atoms with Crippen LogP contribution in [-0.4, -0.2) is 52.8 Å². The van der Waals surface area contributed by atoms with Gasteiger partial charge in [0.2, 0.25) is 5.91 Å². The number of carbonyl (C=O) groups is 2. The first-order valence-corrected chi connectivity index (χ1v) is 16.3. The molecule has 1 amide bonds. The predicted molar refractivity (Wildman–Crippen MR) is 173 cm³/mol. The van der Waals surface area contributed by atoms with E-state index in [0.29, 0.717) is 32.5 Å². The molecular formula is C37H53NO6. The normalized spacial score (nSPS) is 23.6. The summed E-state index contributed by atoms with van der Waals surface area (Å²) in [6, 6.07) is 16.6. The molecule has 1 aliphatic carbocycles. The van der Waals surface area contributed by atoms with E-state index in [-0.39, 0.29) is 35.0 Å². The van der Waals surface area contributed by atoms with Crippen LogP contribution in [0.5, 0.6) is 11.5 Å². The number of hydrogen-bond donors (Lipinski definition) is 1. The number of benzene rings is 2. The Balaban J connectivity index is 1.49. The number of amides is 1. The van der Waals surface area contributed by atoms with E-state index in [1.807, 2.05) is 63.8 Å². The minimum Gasteiger partial charge on any atom is -0.491 e. The van der Waals surface area contributed by atoms with Crippen molar-refractivity contribution in [3.8, 4) is 11.5 Å². The second kappa shape index (κ2) is 13.9. The monoisotopic (exact) mass is 607 g/mol. The Morgan fingerprint density at radius 1 is 0.977 bits per heavy atom. The number of ether oxygens (including phenoxy) is 3. The van der Waals surface area contributed by atoms with Gasteiger partial charge in [0.1, 0.15) is 11.5 Å². The molecule has 2 aliphatic rings. The Kier molecular flexibility index (Phi) is 10.7. The van der Waals surface area contributed by atoms with E-state index < -0.39 is 11.4 Å². The first kappa shape index (κ1) is 33.8. The second-order valence-corrected chi connectivity index (χ2v) is 14.8. The van der Waals surface area contributed by atoms with Gasteiger partial charge in [0.25, 0.3) is 0 Å². The van der Waals surface area contributed by atoms with E-state index >= 15 is 0 Å². The molecular weight excluding hydrogens is 554 g/mol. The average Bonchev–Trinajstić information content (AvgIpc) is 2.95. The maximum atomic E-state index is 13.8. The van der Waals surface area contributed by atoms with Gasteiger partial charge in [0, 0.05) is 30.5 Å². The molecule has 2 aromatic rings. The summed E-state index contributed by atoms with van der Waals surface area (Å²) in [5.74, 6) is 0.829. The molecule has 1 N–H and O–H groups in total. The molecule has 7 nitrogen and oxygen atoms in total. The Bertz CT molecular complexity index is 1240. The number of aliphatic carboxylic acids is 1. The van der Waals surface area contributed by atoms with Crippen molar-refractivity contribution < 1.29 is 28.9 Å².